The largest absolute Gasteiger partial charge is 0.507 e. The second kappa shape index (κ2) is 7.16. The fraction of sp³-hybridized carbons (Fsp3) is 0.348. The topological polar surface area (TPSA) is 91.3 Å². The summed E-state index contributed by atoms with van der Waals surface area (Å²) < 4.78 is 21.8. The molecular weight excluding hydrogens is 399 g/mol. The first-order valence-electron chi connectivity index (χ1n) is 10.3. The number of alkyl halides is 1. The molecule has 0 unspecified atom stereocenters. The number of aromatic amines is 1. The number of nitrogens with one attached hydrogen (secondary N) is 1. The summed E-state index contributed by atoms with van der Waals surface area (Å²) in [5, 5.41) is 19.5. The molecule has 1 aromatic carbocycles. The number of H-pyrrole nitrogens is 1. The predicted molar refractivity (Wildman–Crippen MR) is 113 cm³/mol. The van der Waals surface area contributed by atoms with Crippen LogP contribution in [0, 0.1) is 6.92 Å². The number of phenols is 1. The van der Waals surface area contributed by atoms with Crippen LogP contribution in [0.15, 0.2) is 43.0 Å². The number of nitrogens with zero attached hydrogens (tertiary/aromatic N) is 3. The molecule has 160 valence electrons. The monoisotopic (exact) mass is 422 g/mol. The van der Waals surface area contributed by atoms with Gasteiger partial charge in [0, 0.05) is 22.6 Å². The standard InChI is InChI=1S/C23H23FN4O3/c1-3-20(30)28-11-23(24)12-31-10-14(28)8-17(23)21-13(2)16-9-18(26-27-22(16)25-21)15-6-4-5-7-19(15)29/h3-7,9,14,17,29H,1,8,10-12H2,2H3,(H,25,27)/t14-,17+,23+/m1/s1. The third kappa shape index (κ3) is 3.09. The number of halogens is 1. The van der Waals surface area contributed by atoms with E-state index in [1.54, 1.807) is 18.2 Å². The minimum Gasteiger partial charge on any atom is -0.507 e. The average molecular weight is 422 g/mol. The second-order valence-corrected chi connectivity index (χ2v) is 8.33. The number of aromatic nitrogens is 3. The third-order valence-corrected chi connectivity index (χ3v) is 6.50. The summed E-state index contributed by atoms with van der Waals surface area (Å²) in [5.74, 6) is -0.614. The van der Waals surface area contributed by atoms with Gasteiger partial charge in [-0.2, -0.15) is 0 Å². The van der Waals surface area contributed by atoms with Crippen molar-refractivity contribution in [3.8, 4) is 17.0 Å². The summed E-state index contributed by atoms with van der Waals surface area (Å²) in [5.41, 5.74) is 1.62. The molecule has 6 rings (SSSR count). The molecule has 3 aromatic rings. The highest BCUT2D eigenvalue weighted by Gasteiger charge is 2.52. The number of benzene rings is 1. The molecule has 1 amide bonds. The molecule has 3 fully saturated rings. The molecule has 3 aliphatic heterocycles. The first-order valence-corrected chi connectivity index (χ1v) is 10.3. The van der Waals surface area contributed by atoms with Crippen molar-refractivity contribution in [1.82, 2.24) is 20.1 Å². The van der Waals surface area contributed by atoms with Gasteiger partial charge in [0.2, 0.25) is 5.91 Å². The van der Waals surface area contributed by atoms with Gasteiger partial charge in [-0.25, -0.2) is 4.39 Å². The van der Waals surface area contributed by atoms with E-state index < -0.39 is 11.6 Å². The van der Waals surface area contributed by atoms with Gasteiger partial charge < -0.3 is 19.7 Å². The number of piperidine rings is 1. The third-order valence-electron chi connectivity index (χ3n) is 6.50. The number of ether oxygens (including phenoxy) is 1. The van der Waals surface area contributed by atoms with Crippen molar-refractivity contribution in [1.29, 1.82) is 0 Å². The molecule has 0 radical (unpaired) electrons. The number of hydrogen-bond acceptors (Lipinski definition) is 5. The zero-order chi connectivity index (χ0) is 21.8. The number of carbonyl (C=O) groups is 1. The van der Waals surface area contributed by atoms with Crippen molar-refractivity contribution >= 4 is 16.9 Å². The molecule has 3 atom stereocenters. The SMILES string of the molecule is C=CC(=O)N1C[C@]2(F)COC[C@H]1C[C@H]2c1[nH]c2nnc(-c3ccccc3O)cc2c1C. The lowest BCUT2D eigenvalue weighted by Gasteiger charge is -2.43. The van der Waals surface area contributed by atoms with Gasteiger partial charge in [0.05, 0.1) is 31.5 Å². The number of aromatic hydroxyl groups is 1. The van der Waals surface area contributed by atoms with Gasteiger partial charge in [0.25, 0.3) is 0 Å². The van der Waals surface area contributed by atoms with Crippen LogP contribution in [0.4, 0.5) is 4.39 Å². The van der Waals surface area contributed by atoms with Crippen molar-refractivity contribution < 1.29 is 19.0 Å². The molecule has 7 nitrogen and oxygen atoms in total. The van der Waals surface area contributed by atoms with Crippen molar-refractivity contribution in [2.75, 3.05) is 19.8 Å². The van der Waals surface area contributed by atoms with Crippen LogP contribution < -0.4 is 0 Å². The zero-order valence-electron chi connectivity index (χ0n) is 17.1. The number of carbonyl (C=O) groups excluding carboxylic acids is 1. The Balaban J connectivity index is 1.56. The number of phenolic OH excluding ortho intramolecular Hbond substituents is 1. The first-order chi connectivity index (χ1) is 14.9. The predicted octanol–water partition coefficient (Wildman–Crippen LogP) is 3.25. The van der Waals surface area contributed by atoms with Crippen LogP contribution in [0.5, 0.6) is 5.75 Å². The molecule has 5 heterocycles. The maximum absolute atomic E-state index is 16.2. The Labute approximate surface area is 178 Å². The first kappa shape index (κ1) is 19.7. The van der Waals surface area contributed by atoms with Crippen LogP contribution in [0.3, 0.4) is 0 Å². The van der Waals surface area contributed by atoms with Crippen molar-refractivity contribution in [3.63, 3.8) is 0 Å². The Bertz CT molecular complexity index is 1190. The molecule has 31 heavy (non-hydrogen) atoms. The van der Waals surface area contributed by atoms with Crippen LogP contribution in [0.2, 0.25) is 0 Å². The van der Waals surface area contributed by atoms with Crippen LogP contribution >= 0.6 is 0 Å². The Morgan fingerprint density at radius 1 is 1.42 bits per heavy atom. The lowest BCUT2D eigenvalue weighted by atomic mass is 9.77. The number of aryl methyl sites for hydroxylation is 1. The van der Waals surface area contributed by atoms with Crippen LogP contribution in [0.1, 0.15) is 23.6 Å². The van der Waals surface area contributed by atoms with Gasteiger partial charge in [-0.3, -0.25) is 4.79 Å². The average Bonchev–Trinajstić information content (AvgIpc) is 2.89. The smallest absolute Gasteiger partial charge is 0.246 e. The Kier molecular flexibility index (Phi) is 4.55. The van der Waals surface area contributed by atoms with Crippen molar-refractivity contribution in [2.24, 2.45) is 0 Å². The molecule has 2 bridgehead atoms. The molecular formula is C23H23FN4O3. The summed E-state index contributed by atoms with van der Waals surface area (Å²) in [4.78, 5) is 17.0. The maximum atomic E-state index is 16.2. The second-order valence-electron chi connectivity index (χ2n) is 8.33. The quantitative estimate of drug-likeness (QED) is 0.633. The van der Waals surface area contributed by atoms with Gasteiger partial charge in [-0.1, -0.05) is 18.7 Å². The Morgan fingerprint density at radius 2 is 2.23 bits per heavy atom. The highest BCUT2D eigenvalue weighted by Crippen LogP contribution is 2.46. The Morgan fingerprint density at radius 3 is 3.00 bits per heavy atom. The van der Waals surface area contributed by atoms with E-state index in [-0.39, 0.29) is 30.9 Å². The highest BCUT2D eigenvalue weighted by atomic mass is 19.1. The van der Waals surface area contributed by atoms with Crippen LogP contribution in [-0.2, 0) is 9.53 Å². The fourth-order valence-corrected chi connectivity index (χ4v) is 4.86. The number of fused-ring (bicyclic) bond motifs is 5. The maximum Gasteiger partial charge on any atom is 0.246 e. The molecule has 0 spiro atoms. The van der Waals surface area contributed by atoms with E-state index in [1.807, 2.05) is 19.1 Å². The molecule has 0 aliphatic carbocycles. The van der Waals surface area contributed by atoms with Crippen LogP contribution in [-0.4, -0.2) is 62.6 Å². The summed E-state index contributed by atoms with van der Waals surface area (Å²) in [6.45, 7) is 5.67. The van der Waals surface area contributed by atoms with Gasteiger partial charge in [-0.15, -0.1) is 10.2 Å². The van der Waals surface area contributed by atoms with Crippen molar-refractivity contribution in [2.45, 2.75) is 31.0 Å². The molecule has 3 aliphatic rings. The van der Waals surface area contributed by atoms with E-state index in [0.717, 1.165) is 16.6 Å². The summed E-state index contributed by atoms with van der Waals surface area (Å²) >= 11 is 0. The molecule has 2 N–H and O–H groups in total. The van der Waals surface area contributed by atoms with Gasteiger partial charge in [0.1, 0.15) is 5.75 Å². The van der Waals surface area contributed by atoms with E-state index >= 15 is 4.39 Å². The van der Waals surface area contributed by atoms with E-state index in [2.05, 4.69) is 21.8 Å². The number of hydrogen-bond donors (Lipinski definition) is 2. The minimum atomic E-state index is -1.72. The van der Waals surface area contributed by atoms with E-state index in [1.165, 1.54) is 11.0 Å². The van der Waals surface area contributed by atoms with Gasteiger partial charge >= 0.3 is 0 Å². The van der Waals surface area contributed by atoms with Crippen LogP contribution in [0.25, 0.3) is 22.3 Å². The molecule has 3 saturated heterocycles. The van der Waals surface area contributed by atoms with E-state index in [4.69, 9.17) is 4.74 Å². The fourth-order valence-electron chi connectivity index (χ4n) is 4.86. The highest BCUT2D eigenvalue weighted by molar-refractivity contribution is 5.88. The summed E-state index contributed by atoms with van der Waals surface area (Å²) in [6.07, 6.45) is 1.67. The number of para-hydroxylation sites is 1. The molecule has 2 aromatic heterocycles. The van der Waals surface area contributed by atoms with E-state index in [0.29, 0.717) is 29.9 Å². The lowest BCUT2D eigenvalue weighted by Crippen LogP contribution is -2.56. The molecule has 0 saturated carbocycles. The summed E-state index contributed by atoms with van der Waals surface area (Å²) in [6, 6.07) is 8.59. The minimum absolute atomic E-state index is 0.0309. The van der Waals surface area contributed by atoms with E-state index in [9.17, 15) is 9.90 Å². The van der Waals surface area contributed by atoms with Gasteiger partial charge in [-0.05, 0) is 43.2 Å². The number of amides is 1. The lowest BCUT2D eigenvalue weighted by molar-refractivity contribution is -0.133. The summed E-state index contributed by atoms with van der Waals surface area (Å²) in [7, 11) is 0. The Hall–Kier alpha value is -3.26. The number of rotatable bonds is 3. The molecule has 8 heteroatoms. The van der Waals surface area contributed by atoms with Crippen molar-refractivity contribution in [3.05, 3.63) is 54.2 Å². The zero-order valence-corrected chi connectivity index (χ0v) is 17.1. The normalized spacial score (nSPS) is 25.5. The van der Waals surface area contributed by atoms with Gasteiger partial charge in [0.15, 0.2) is 11.3 Å².